The van der Waals surface area contributed by atoms with E-state index in [2.05, 4.69) is 18.8 Å². The van der Waals surface area contributed by atoms with Gasteiger partial charge in [0.2, 0.25) is 0 Å². The maximum atomic E-state index is 12.1. The first-order valence-electron chi connectivity index (χ1n) is 5.56. The molecule has 0 aliphatic rings. The van der Waals surface area contributed by atoms with E-state index in [0.29, 0.717) is 23.8 Å². The molecule has 4 heteroatoms. The predicted octanol–water partition coefficient (Wildman–Crippen LogP) is 1.78. The number of hydrogen-bond donors (Lipinski definition) is 1. The zero-order chi connectivity index (χ0) is 12.1. The van der Waals surface area contributed by atoms with Gasteiger partial charge in [0.1, 0.15) is 5.82 Å². The molecule has 88 valence electrons. The number of nitrogens with two attached hydrogens (primary N) is 1. The fourth-order valence-corrected chi connectivity index (χ4v) is 1.57. The molecule has 0 aliphatic carbocycles. The summed E-state index contributed by atoms with van der Waals surface area (Å²) in [5.41, 5.74) is 6.18. The zero-order valence-corrected chi connectivity index (χ0v) is 10.1. The molecule has 0 fully saturated rings. The van der Waals surface area contributed by atoms with Gasteiger partial charge in [0.05, 0.1) is 5.56 Å². The van der Waals surface area contributed by atoms with Crippen LogP contribution in [0.4, 0.5) is 5.82 Å². The number of nitrogens with zero attached hydrogens (tertiary/aromatic N) is 2. The predicted molar refractivity (Wildman–Crippen MR) is 65.1 cm³/mol. The Bertz CT molecular complexity index is 363. The first kappa shape index (κ1) is 12.5. The number of amides is 1. The second-order valence-corrected chi connectivity index (χ2v) is 4.17. The van der Waals surface area contributed by atoms with Crippen LogP contribution in [-0.4, -0.2) is 28.9 Å². The Morgan fingerprint density at radius 2 is 2.25 bits per heavy atom. The molecule has 0 atom stereocenters. The quantitative estimate of drug-likeness (QED) is 0.843. The molecule has 0 aromatic carbocycles. The summed E-state index contributed by atoms with van der Waals surface area (Å²) in [4.78, 5) is 17.9. The lowest BCUT2D eigenvalue weighted by molar-refractivity contribution is 0.0746. The molecule has 2 N–H and O–H groups in total. The molecule has 0 bridgehead atoms. The van der Waals surface area contributed by atoms with Crippen molar-refractivity contribution in [1.29, 1.82) is 0 Å². The lowest BCUT2D eigenvalue weighted by Crippen LogP contribution is -2.34. The van der Waals surface area contributed by atoms with E-state index in [1.54, 1.807) is 23.2 Å². The molecule has 1 rings (SSSR count). The van der Waals surface area contributed by atoms with Crippen molar-refractivity contribution < 1.29 is 4.79 Å². The Morgan fingerprint density at radius 3 is 2.75 bits per heavy atom. The fraction of sp³-hybridized carbons (Fsp3) is 0.500. The molecule has 0 unspecified atom stereocenters. The van der Waals surface area contributed by atoms with Gasteiger partial charge in [0.15, 0.2) is 0 Å². The van der Waals surface area contributed by atoms with Crippen molar-refractivity contribution in [2.24, 2.45) is 5.92 Å². The number of nitrogen functional groups attached to an aromatic ring is 1. The highest BCUT2D eigenvalue weighted by molar-refractivity contribution is 5.98. The summed E-state index contributed by atoms with van der Waals surface area (Å²) in [6.45, 7) is 7.56. The van der Waals surface area contributed by atoms with Crippen LogP contribution in [0, 0.1) is 5.92 Å². The molecule has 0 spiro atoms. The normalized spacial score (nSPS) is 10.5. The van der Waals surface area contributed by atoms with Gasteiger partial charge in [-0.05, 0) is 25.0 Å². The van der Waals surface area contributed by atoms with Crippen LogP contribution in [0.2, 0.25) is 0 Å². The van der Waals surface area contributed by atoms with Gasteiger partial charge in [-0.2, -0.15) is 0 Å². The van der Waals surface area contributed by atoms with Gasteiger partial charge in [-0.1, -0.05) is 13.8 Å². The SMILES string of the molecule is CCN(CC(C)C)C(=O)c1cccnc1N. The third kappa shape index (κ3) is 2.95. The van der Waals surface area contributed by atoms with Crippen molar-refractivity contribution in [3.63, 3.8) is 0 Å². The smallest absolute Gasteiger partial charge is 0.257 e. The van der Waals surface area contributed by atoms with E-state index < -0.39 is 0 Å². The minimum absolute atomic E-state index is 0.0400. The van der Waals surface area contributed by atoms with Crippen molar-refractivity contribution in [3.05, 3.63) is 23.9 Å². The third-order valence-corrected chi connectivity index (χ3v) is 2.32. The lowest BCUT2D eigenvalue weighted by Gasteiger charge is -2.23. The van der Waals surface area contributed by atoms with E-state index in [1.165, 1.54) is 0 Å². The van der Waals surface area contributed by atoms with Crippen LogP contribution in [0.5, 0.6) is 0 Å². The van der Waals surface area contributed by atoms with Crippen molar-refractivity contribution in [3.8, 4) is 0 Å². The zero-order valence-electron chi connectivity index (χ0n) is 10.1. The summed E-state index contributed by atoms with van der Waals surface area (Å²) < 4.78 is 0. The minimum atomic E-state index is -0.0400. The Morgan fingerprint density at radius 1 is 1.56 bits per heavy atom. The van der Waals surface area contributed by atoms with Crippen LogP contribution in [0.1, 0.15) is 31.1 Å². The molecular formula is C12H19N3O. The molecule has 0 radical (unpaired) electrons. The first-order valence-corrected chi connectivity index (χ1v) is 5.56. The molecular weight excluding hydrogens is 202 g/mol. The topological polar surface area (TPSA) is 59.2 Å². The van der Waals surface area contributed by atoms with Gasteiger partial charge in [0.25, 0.3) is 5.91 Å². The highest BCUT2D eigenvalue weighted by Gasteiger charge is 2.17. The number of hydrogen-bond acceptors (Lipinski definition) is 3. The van der Waals surface area contributed by atoms with Gasteiger partial charge in [-0.15, -0.1) is 0 Å². The number of carbonyl (C=O) groups excluding carboxylic acids is 1. The van der Waals surface area contributed by atoms with E-state index in [-0.39, 0.29) is 5.91 Å². The van der Waals surface area contributed by atoms with E-state index in [4.69, 9.17) is 5.73 Å². The second kappa shape index (κ2) is 5.49. The number of pyridine rings is 1. The molecule has 0 aliphatic heterocycles. The van der Waals surface area contributed by atoms with Gasteiger partial charge in [-0.25, -0.2) is 4.98 Å². The summed E-state index contributed by atoms with van der Waals surface area (Å²) in [5.74, 6) is 0.707. The number of rotatable bonds is 4. The van der Waals surface area contributed by atoms with Crippen LogP contribution >= 0.6 is 0 Å². The van der Waals surface area contributed by atoms with Gasteiger partial charge in [-0.3, -0.25) is 4.79 Å². The molecule has 1 amide bonds. The maximum Gasteiger partial charge on any atom is 0.257 e. The molecule has 1 heterocycles. The summed E-state index contributed by atoms with van der Waals surface area (Å²) in [7, 11) is 0. The van der Waals surface area contributed by atoms with Crippen molar-refractivity contribution >= 4 is 11.7 Å². The second-order valence-electron chi connectivity index (χ2n) is 4.17. The number of aromatic nitrogens is 1. The average molecular weight is 221 g/mol. The largest absolute Gasteiger partial charge is 0.383 e. The molecule has 16 heavy (non-hydrogen) atoms. The van der Waals surface area contributed by atoms with Crippen LogP contribution in [0.15, 0.2) is 18.3 Å². The highest BCUT2D eigenvalue weighted by Crippen LogP contribution is 2.12. The van der Waals surface area contributed by atoms with Crippen molar-refractivity contribution in [1.82, 2.24) is 9.88 Å². The Balaban J connectivity index is 2.87. The maximum absolute atomic E-state index is 12.1. The lowest BCUT2D eigenvalue weighted by atomic mass is 10.1. The van der Waals surface area contributed by atoms with Crippen LogP contribution in [0.3, 0.4) is 0 Å². The molecule has 0 saturated carbocycles. The first-order chi connectivity index (χ1) is 7.56. The highest BCUT2D eigenvalue weighted by atomic mass is 16.2. The van der Waals surface area contributed by atoms with Crippen LogP contribution in [-0.2, 0) is 0 Å². The molecule has 1 aromatic heterocycles. The van der Waals surface area contributed by atoms with E-state index in [0.717, 1.165) is 6.54 Å². The van der Waals surface area contributed by atoms with Crippen LogP contribution < -0.4 is 5.73 Å². The van der Waals surface area contributed by atoms with E-state index in [9.17, 15) is 4.79 Å². The summed E-state index contributed by atoms with van der Waals surface area (Å²) in [6, 6.07) is 3.44. The fourth-order valence-electron chi connectivity index (χ4n) is 1.57. The van der Waals surface area contributed by atoms with Crippen molar-refractivity contribution in [2.75, 3.05) is 18.8 Å². The standard InChI is InChI=1S/C12H19N3O/c1-4-15(8-9(2)3)12(16)10-6-5-7-14-11(10)13/h5-7,9H,4,8H2,1-3H3,(H2,13,14). The summed E-state index contributed by atoms with van der Waals surface area (Å²) >= 11 is 0. The Hall–Kier alpha value is -1.58. The van der Waals surface area contributed by atoms with Crippen molar-refractivity contribution in [2.45, 2.75) is 20.8 Å². The van der Waals surface area contributed by atoms with Gasteiger partial charge >= 0.3 is 0 Å². The average Bonchev–Trinajstić information content (AvgIpc) is 2.25. The van der Waals surface area contributed by atoms with Gasteiger partial charge in [0, 0.05) is 19.3 Å². The summed E-state index contributed by atoms with van der Waals surface area (Å²) in [6.07, 6.45) is 1.59. The van der Waals surface area contributed by atoms with Crippen LogP contribution in [0.25, 0.3) is 0 Å². The van der Waals surface area contributed by atoms with E-state index in [1.807, 2.05) is 6.92 Å². The molecule has 4 nitrogen and oxygen atoms in total. The molecule has 1 aromatic rings. The Kier molecular flexibility index (Phi) is 4.28. The number of anilines is 1. The Labute approximate surface area is 96.5 Å². The third-order valence-electron chi connectivity index (χ3n) is 2.32. The van der Waals surface area contributed by atoms with E-state index >= 15 is 0 Å². The van der Waals surface area contributed by atoms with Gasteiger partial charge < -0.3 is 10.6 Å². The molecule has 0 saturated heterocycles. The monoisotopic (exact) mass is 221 g/mol. The summed E-state index contributed by atoms with van der Waals surface area (Å²) in [5, 5.41) is 0. The number of carbonyl (C=O) groups is 1. The minimum Gasteiger partial charge on any atom is -0.383 e.